The second-order valence-electron chi connectivity index (χ2n) is 7.12. The molecule has 0 radical (unpaired) electrons. The maximum Gasteiger partial charge on any atom is 0.175 e. The van der Waals surface area contributed by atoms with Crippen molar-refractivity contribution >= 4 is 15.9 Å². The molecule has 0 aliphatic rings. The lowest BCUT2D eigenvalue weighted by Gasteiger charge is -2.15. The van der Waals surface area contributed by atoms with Crippen molar-refractivity contribution in [2.24, 2.45) is 0 Å². The van der Waals surface area contributed by atoms with E-state index in [-0.39, 0.29) is 0 Å². The number of rotatable bonds is 10. The average molecular weight is 470 g/mol. The van der Waals surface area contributed by atoms with Crippen molar-refractivity contribution in [3.63, 3.8) is 0 Å². The molecule has 0 aliphatic carbocycles. The number of hydrogen-bond donors (Lipinski definition) is 1. The van der Waals surface area contributed by atoms with Crippen molar-refractivity contribution in [3.05, 3.63) is 87.4 Å². The number of benzene rings is 3. The van der Waals surface area contributed by atoms with E-state index in [4.69, 9.17) is 14.2 Å². The maximum absolute atomic E-state index is 6.04. The summed E-state index contributed by atoms with van der Waals surface area (Å²) in [4.78, 5) is 0. The predicted octanol–water partition coefficient (Wildman–Crippen LogP) is 5.69. The largest absolute Gasteiger partial charge is 0.496 e. The van der Waals surface area contributed by atoms with Gasteiger partial charge in [0.05, 0.1) is 18.7 Å². The number of hydrogen-bond acceptors (Lipinski definition) is 4. The van der Waals surface area contributed by atoms with Crippen molar-refractivity contribution in [2.75, 3.05) is 20.8 Å². The molecule has 0 heterocycles. The highest BCUT2D eigenvalue weighted by atomic mass is 79.9. The van der Waals surface area contributed by atoms with Crippen LogP contribution in [0.5, 0.6) is 17.2 Å². The first-order valence-corrected chi connectivity index (χ1v) is 10.8. The Morgan fingerprint density at radius 2 is 1.60 bits per heavy atom. The Morgan fingerprint density at radius 1 is 0.867 bits per heavy atom. The van der Waals surface area contributed by atoms with Crippen LogP contribution in [-0.4, -0.2) is 20.8 Å². The van der Waals surface area contributed by atoms with Crippen LogP contribution >= 0.6 is 15.9 Å². The monoisotopic (exact) mass is 469 g/mol. The van der Waals surface area contributed by atoms with E-state index in [1.54, 1.807) is 14.2 Å². The van der Waals surface area contributed by atoms with Gasteiger partial charge in [-0.2, -0.15) is 0 Å². The number of nitrogens with one attached hydrogen (secondary N) is 1. The van der Waals surface area contributed by atoms with Crippen LogP contribution in [0.4, 0.5) is 0 Å². The third kappa shape index (κ3) is 6.00. The summed E-state index contributed by atoms with van der Waals surface area (Å²) >= 11 is 3.64. The summed E-state index contributed by atoms with van der Waals surface area (Å²) in [6.45, 7) is 4.16. The molecule has 0 atom stereocenters. The SMILES string of the molecule is COc1ccccc1CCNCc1cc(Br)c(OCc2ccc(C)cc2)c(OC)c1. The van der Waals surface area contributed by atoms with Crippen molar-refractivity contribution < 1.29 is 14.2 Å². The molecule has 158 valence electrons. The molecule has 0 saturated carbocycles. The molecule has 0 spiro atoms. The Bertz CT molecular complexity index is 957. The topological polar surface area (TPSA) is 39.7 Å². The summed E-state index contributed by atoms with van der Waals surface area (Å²) in [6.07, 6.45) is 0.903. The minimum atomic E-state index is 0.492. The van der Waals surface area contributed by atoms with Gasteiger partial charge in [0.25, 0.3) is 0 Å². The molecule has 3 aromatic carbocycles. The molecule has 0 aromatic heterocycles. The highest BCUT2D eigenvalue weighted by molar-refractivity contribution is 9.10. The first kappa shape index (κ1) is 22.2. The predicted molar refractivity (Wildman–Crippen MR) is 125 cm³/mol. The lowest BCUT2D eigenvalue weighted by atomic mass is 10.1. The van der Waals surface area contributed by atoms with E-state index < -0.39 is 0 Å². The van der Waals surface area contributed by atoms with Crippen molar-refractivity contribution in [3.8, 4) is 17.2 Å². The van der Waals surface area contributed by atoms with E-state index in [0.717, 1.165) is 52.4 Å². The number of methoxy groups -OCH3 is 2. The Hall–Kier alpha value is -2.50. The van der Waals surface area contributed by atoms with Crippen molar-refractivity contribution in [1.29, 1.82) is 0 Å². The summed E-state index contributed by atoms with van der Waals surface area (Å²) in [7, 11) is 3.37. The third-order valence-corrected chi connectivity index (χ3v) is 5.47. The Labute approximate surface area is 187 Å². The Balaban J connectivity index is 1.58. The quantitative estimate of drug-likeness (QED) is 0.387. The van der Waals surface area contributed by atoms with Crippen molar-refractivity contribution in [2.45, 2.75) is 26.5 Å². The van der Waals surface area contributed by atoms with Gasteiger partial charge >= 0.3 is 0 Å². The fourth-order valence-electron chi connectivity index (χ4n) is 3.22. The number of aryl methyl sites for hydroxylation is 1. The van der Waals surface area contributed by atoms with Crippen LogP contribution in [0.3, 0.4) is 0 Å². The summed E-state index contributed by atoms with van der Waals surface area (Å²) in [5.41, 5.74) is 4.68. The van der Waals surface area contributed by atoms with Crippen LogP contribution < -0.4 is 19.5 Å². The van der Waals surface area contributed by atoms with Gasteiger partial charge in [0.15, 0.2) is 11.5 Å². The summed E-state index contributed by atoms with van der Waals surface area (Å²) in [5.74, 6) is 2.37. The highest BCUT2D eigenvalue weighted by Crippen LogP contribution is 2.37. The first-order chi connectivity index (χ1) is 14.6. The van der Waals surface area contributed by atoms with E-state index in [2.05, 4.69) is 64.6 Å². The van der Waals surface area contributed by atoms with Gasteiger partial charge in [-0.25, -0.2) is 0 Å². The third-order valence-electron chi connectivity index (χ3n) is 4.89. The average Bonchev–Trinajstić information content (AvgIpc) is 2.77. The second-order valence-corrected chi connectivity index (χ2v) is 7.98. The van der Waals surface area contributed by atoms with E-state index >= 15 is 0 Å². The number of halogens is 1. The van der Waals surface area contributed by atoms with E-state index in [1.807, 2.05) is 24.3 Å². The smallest absolute Gasteiger partial charge is 0.175 e. The molecular formula is C25H28BrNO3. The first-order valence-electron chi connectivity index (χ1n) is 9.98. The van der Waals surface area contributed by atoms with Gasteiger partial charge < -0.3 is 19.5 Å². The van der Waals surface area contributed by atoms with Crippen LogP contribution in [0, 0.1) is 6.92 Å². The molecule has 0 amide bonds. The van der Waals surface area contributed by atoms with Gasteiger partial charge in [-0.15, -0.1) is 0 Å². The Kier molecular flexibility index (Phi) is 8.17. The van der Waals surface area contributed by atoms with Crippen LogP contribution in [0.2, 0.25) is 0 Å². The lowest BCUT2D eigenvalue weighted by Crippen LogP contribution is -2.17. The molecule has 0 fully saturated rings. The van der Waals surface area contributed by atoms with Gasteiger partial charge in [0, 0.05) is 6.54 Å². The molecule has 0 aliphatic heterocycles. The van der Waals surface area contributed by atoms with E-state index in [1.165, 1.54) is 11.1 Å². The molecule has 0 saturated heterocycles. The van der Waals surface area contributed by atoms with Crippen molar-refractivity contribution in [1.82, 2.24) is 5.32 Å². The molecule has 0 unspecified atom stereocenters. The van der Waals surface area contributed by atoms with Gasteiger partial charge in [0.1, 0.15) is 12.4 Å². The summed E-state index contributed by atoms with van der Waals surface area (Å²) in [5, 5.41) is 3.49. The minimum absolute atomic E-state index is 0.492. The molecule has 0 bridgehead atoms. The zero-order valence-electron chi connectivity index (χ0n) is 17.7. The molecule has 1 N–H and O–H groups in total. The second kappa shape index (κ2) is 11.0. The van der Waals surface area contributed by atoms with Crippen LogP contribution in [0.1, 0.15) is 22.3 Å². The van der Waals surface area contributed by atoms with Gasteiger partial charge in [-0.05, 0) is 70.7 Å². The molecule has 5 heteroatoms. The van der Waals surface area contributed by atoms with E-state index in [0.29, 0.717) is 6.61 Å². The highest BCUT2D eigenvalue weighted by Gasteiger charge is 2.12. The minimum Gasteiger partial charge on any atom is -0.496 e. The molecule has 3 aromatic rings. The normalized spacial score (nSPS) is 10.7. The molecular weight excluding hydrogens is 442 g/mol. The molecule has 3 rings (SSSR count). The molecule has 30 heavy (non-hydrogen) atoms. The lowest BCUT2D eigenvalue weighted by molar-refractivity contribution is 0.282. The van der Waals surface area contributed by atoms with Crippen LogP contribution in [0.25, 0.3) is 0 Å². The summed E-state index contributed by atoms with van der Waals surface area (Å²) in [6, 6.07) is 20.5. The number of para-hydroxylation sites is 1. The van der Waals surface area contributed by atoms with Crippen LogP contribution in [-0.2, 0) is 19.6 Å². The van der Waals surface area contributed by atoms with Gasteiger partial charge in [-0.3, -0.25) is 0 Å². The fourth-order valence-corrected chi connectivity index (χ4v) is 3.82. The zero-order chi connectivity index (χ0) is 21.3. The molecule has 4 nitrogen and oxygen atoms in total. The number of ether oxygens (including phenoxy) is 3. The Morgan fingerprint density at radius 3 is 2.33 bits per heavy atom. The fraction of sp³-hybridized carbons (Fsp3) is 0.280. The van der Waals surface area contributed by atoms with E-state index in [9.17, 15) is 0 Å². The maximum atomic E-state index is 6.04. The zero-order valence-corrected chi connectivity index (χ0v) is 19.3. The van der Waals surface area contributed by atoms with Gasteiger partial charge in [0.2, 0.25) is 0 Å². The van der Waals surface area contributed by atoms with Crippen LogP contribution in [0.15, 0.2) is 65.1 Å². The standard InChI is InChI=1S/C25H28BrNO3/c1-18-8-10-19(11-9-18)17-30-25-22(26)14-20(15-24(25)29-3)16-27-13-12-21-6-4-5-7-23(21)28-2/h4-11,14-15,27H,12-13,16-17H2,1-3H3. The van der Waals surface area contributed by atoms with Gasteiger partial charge in [-0.1, -0.05) is 48.0 Å². The summed E-state index contributed by atoms with van der Waals surface area (Å²) < 4.78 is 17.9.